The SMILES string of the molecule is Cc1cc2ncn([C@H]3O[C@H](CO)[C@@H](O)[C@H]3O)c2cc1C. The van der Waals surface area contributed by atoms with Crippen LogP contribution in [0.2, 0.25) is 0 Å². The van der Waals surface area contributed by atoms with Crippen LogP contribution in [0.4, 0.5) is 0 Å². The van der Waals surface area contributed by atoms with E-state index in [1.54, 1.807) is 10.9 Å². The van der Waals surface area contributed by atoms with Crippen LogP contribution in [0.3, 0.4) is 0 Å². The quantitative estimate of drug-likeness (QED) is 0.733. The molecule has 4 atom stereocenters. The third-order valence-corrected chi connectivity index (χ3v) is 3.98. The highest BCUT2D eigenvalue weighted by atomic mass is 16.6. The molecule has 6 nitrogen and oxygen atoms in total. The second-order valence-electron chi connectivity index (χ2n) is 5.31. The van der Waals surface area contributed by atoms with Crippen molar-refractivity contribution in [3.63, 3.8) is 0 Å². The lowest BCUT2D eigenvalue weighted by Crippen LogP contribution is -2.33. The van der Waals surface area contributed by atoms with E-state index in [2.05, 4.69) is 4.98 Å². The fourth-order valence-electron chi connectivity index (χ4n) is 2.60. The molecule has 1 aromatic heterocycles. The van der Waals surface area contributed by atoms with Crippen molar-refractivity contribution in [2.24, 2.45) is 0 Å². The van der Waals surface area contributed by atoms with Crippen molar-refractivity contribution in [3.8, 4) is 0 Å². The van der Waals surface area contributed by atoms with Crippen molar-refractivity contribution >= 4 is 11.0 Å². The van der Waals surface area contributed by atoms with Crippen LogP contribution in [-0.2, 0) is 4.74 Å². The Labute approximate surface area is 116 Å². The van der Waals surface area contributed by atoms with Gasteiger partial charge in [-0.2, -0.15) is 0 Å². The minimum atomic E-state index is -1.10. The molecule has 0 aliphatic carbocycles. The summed E-state index contributed by atoms with van der Waals surface area (Å²) in [6.07, 6.45) is -2.13. The molecule has 1 saturated heterocycles. The molecular weight excluding hydrogens is 260 g/mol. The average molecular weight is 278 g/mol. The number of imidazole rings is 1. The number of benzene rings is 1. The predicted molar refractivity (Wildman–Crippen MR) is 72.2 cm³/mol. The predicted octanol–water partition coefficient (Wildman–Crippen LogP) is 0.265. The van der Waals surface area contributed by atoms with Crippen LogP contribution in [0.1, 0.15) is 17.4 Å². The van der Waals surface area contributed by atoms with Crippen LogP contribution in [0, 0.1) is 13.8 Å². The van der Waals surface area contributed by atoms with Crippen LogP contribution < -0.4 is 0 Å². The van der Waals surface area contributed by atoms with E-state index in [0.29, 0.717) is 0 Å². The largest absolute Gasteiger partial charge is 0.394 e. The molecular formula is C14H18N2O4. The average Bonchev–Trinajstić information content (AvgIpc) is 2.94. The summed E-state index contributed by atoms with van der Waals surface area (Å²) in [6, 6.07) is 3.95. The zero-order chi connectivity index (χ0) is 14.4. The summed E-state index contributed by atoms with van der Waals surface area (Å²) in [5, 5.41) is 29.1. The molecule has 1 aliphatic heterocycles. The first-order chi connectivity index (χ1) is 9.52. The van der Waals surface area contributed by atoms with E-state index < -0.39 is 24.5 Å². The Balaban J connectivity index is 2.05. The topological polar surface area (TPSA) is 87.7 Å². The maximum Gasteiger partial charge on any atom is 0.164 e. The highest BCUT2D eigenvalue weighted by Gasteiger charge is 2.43. The molecule has 3 N–H and O–H groups in total. The Bertz CT molecular complexity index is 639. The molecule has 3 rings (SSSR count). The summed E-state index contributed by atoms with van der Waals surface area (Å²) in [5.74, 6) is 0. The fourth-order valence-corrected chi connectivity index (χ4v) is 2.60. The zero-order valence-corrected chi connectivity index (χ0v) is 11.4. The van der Waals surface area contributed by atoms with Crippen molar-refractivity contribution in [3.05, 3.63) is 29.6 Å². The van der Waals surface area contributed by atoms with E-state index >= 15 is 0 Å². The van der Waals surface area contributed by atoms with Gasteiger partial charge >= 0.3 is 0 Å². The van der Waals surface area contributed by atoms with Crippen LogP contribution in [0.5, 0.6) is 0 Å². The van der Waals surface area contributed by atoms with Gasteiger partial charge in [-0.1, -0.05) is 0 Å². The molecule has 6 heteroatoms. The lowest BCUT2D eigenvalue weighted by atomic mass is 10.1. The van der Waals surface area contributed by atoms with E-state index in [9.17, 15) is 10.2 Å². The van der Waals surface area contributed by atoms with Crippen LogP contribution >= 0.6 is 0 Å². The second kappa shape index (κ2) is 4.82. The molecule has 0 saturated carbocycles. The number of aliphatic hydroxyl groups excluding tert-OH is 3. The van der Waals surface area contributed by atoms with Crippen molar-refractivity contribution < 1.29 is 20.1 Å². The summed E-state index contributed by atoms with van der Waals surface area (Å²) in [7, 11) is 0. The number of aromatic nitrogens is 2. The smallest absolute Gasteiger partial charge is 0.164 e. The van der Waals surface area contributed by atoms with Crippen LogP contribution in [0.15, 0.2) is 18.5 Å². The molecule has 108 valence electrons. The molecule has 0 radical (unpaired) electrons. The van der Waals surface area contributed by atoms with Crippen LogP contribution in [0.25, 0.3) is 11.0 Å². The standard InChI is InChI=1S/C14H18N2O4/c1-7-3-9-10(4-8(7)2)16(6-15-9)14-13(19)12(18)11(5-17)20-14/h3-4,6,11-14,17-19H,5H2,1-2H3/t11-,12-,13-,14+/m1/s1. The van der Waals surface area contributed by atoms with Gasteiger partial charge in [-0.15, -0.1) is 0 Å². The Kier molecular flexibility index (Phi) is 3.25. The van der Waals surface area contributed by atoms with Gasteiger partial charge in [0.25, 0.3) is 0 Å². The van der Waals surface area contributed by atoms with Gasteiger partial charge in [0.1, 0.15) is 18.3 Å². The maximum atomic E-state index is 10.1. The summed E-state index contributed by atoms with van der Waals surface area (Å²) in [6.45, 7) is 3.68. The lowest BCUT2D eigenvalue weighted by molar-refractivity contribution is -0.0508. The van der Waals surface area contributed by atoms with Gasteiger partial charge in [0.15, 0.2) is 6.23 Å². The molecule has 0 bridgehead atoms. The zero-order valence-electron chi connectivity index (χ0n) is 11.4. The van der Waals surface area contributed by atoms with Crippen molar-refractivity contribution in [2.45, 2.75) is 38.4 Å². The number of nitrogens with zero attached hydrogens (tertiary/aromatic N) is 2. The number of aliphatic hydroxyl groups is 3. The van der Waals surface area contributed by atoms with Crippen molar-refractivity contribution in [1.82, 2.24) is 9.55 Å². The molecule has 20 heavy (non-hydrogen) atoms. The first-order valence-corrected chi connectivity index (χ1v) is 6.59. The number of ether oxygens (including phenoxy) is 1. The first kappa shape index (κ1) is 13.5. The number of aryl methyl sites for hydroxylation is 2. The van der Waals surface area contributed by atoms with E-state index in [-0.39, 0.29) is 6.61 Å². The lowest BCUT2D eigenvalue weighted by Gasteiger charge is -2.17. The molecule has 0 unspecified atom stereocenters. The van der Waals surface area contributed by atoms with Gasteiger partial charge < -0.3 is 24.6 Å². The molecule has 1 fully saturated rings. The maximum absolute atomic E-state index is 10.1. The summed E-state index contributed by atoms with van der Waals surface area (Å²) >= 11 is 0. The number of hydrogen-bond acceptors (Lipinski definition) is 5. The van der Waals surface area contributed by atoms with Crippen LogP contribution in [-0.4, -0.2) is 49.8 Å². The minimum Gasteiger partial charge on any atom is -0.394 e. The number of hydrogen-bond donors (Lipinski definition) is 3. The van der Waals surface area contributed by atoms with Crippen molar-refractivity contribution in [1.29, 1.82) is 0 Å². The molecule has 0 amide bonds. The van der Waals surface area contributed by atoms with E-state index in [1.165, 1.54) is 0 Å². The minimum absolute atomic E-state index is 0.334. The Morgan fingerprint density at radius 1 is 1.20 bits per heavy atom. The molecule has 1 aliphatic rings. The fraction of sp³-hybridized carbons (Fsp3) is 0.500. The van der Waals surface area contributed by atoms with Gasteiger partial charge in [-0.25, -0.2) is 4.98 Å². The Hall–Kier alpha value is -1.47. The summed E-state index contributed by atoms with van der Waals surface area (Å²) in [4.78, 5) is 4.30. The Morgan fingerprint density at radius 3 is 2.55 bits per heavy atom. The van der Waals surface area contributed by atoms with Gasteiger partial charge in [0, 0.05) is 0 Å². The first-order valence-electron chi connectivity index (χ1n) is 6.59. The molecule has 2 heterocycles. The second-order valence-corrected chi connectivity index (χ2v) is 5.31. The third-order valence-electron chi connectivity index (χ3n) is 3.98. The van der Waals surface area contributed by atoms with E-state index in [4.69, 9.17) is 9.84 Å². The third kappa shape index (κ3) is 1.92. The molecule has 1 aromatic carbocycles. The normalized spacial score (nSPS) is 30.2. The summed E-state index contributed by atoms with van der Waals surface area (Å²) in [5.41, 5.74) is 3.91. The monoisotopic (exact) mass is 278 g/mol. The van der Waals surface area contributed by atoms with Gasteiger partial charge in [0.05, 0.1) is 24.0 Å². The number of fused-ring (bicyclic) bond motifs is 1. The highest BCUT2D eigenvalue weighted by Crippen LogP contribution is 2.32. The van der Waals surface area contributed by atoms with Gasteiger partial charge in [-0.05, 0) is 37.1 Å². The van der Waals surface area contributed by atoms with Gasteiger partial charge in [-0.3, -0.25) is 0 Å². The van der Waals surface area contributed by atoms with E-state index in [1.807, 2.05) is 26.0 Å². The summed E-state index contributed by atoms with van der Waals surface area (Å²) < 4.78 is 7.23. The number of rotatable bonds is 2. The van der Waals surface area contributed by atoms with Gasteiger partial charge in [0.2, 0.25) is 0 Å². The van der Waals surface area contributed by atoms with E-state index in [0.717, 1.165) is 22.2 Å². The Morgan fingerprint density at radius 2 is 1.90 bits per heavy atom. The highest BCUT2D eigenvalue weighted by molar-refractivity contribution is 5.77. The van der Waals surface area contributed by atoms with Crippen molar-refractivity contribution in [2.75, 3.05) is 6.61 Å². The molecule has 2 aromatic rings. The molecule has 0 spiro atoms.